The molecule has 0 unspecified atom stereocenters. The van der Waals surface area contributed by atoms with Crippen molar-refractivity contribution in [3.8, 4) is 0 Å². The third-order valence-corrected chi connectivity index (χ3v) is 3.68. The van der Waals surface area contributed by atoms with Crippen molar-refractivity contribution in [2.75, 3.05) is 0 Å². The smallest absolute Gasteiger partial charge is 0.252 e. The van der Waals surface area contributed by atoms with Gasteiger partial charge in [0, 0.05) is 17.6 Å². The van der Waals surface area contributed by atoms with Gasteiger partial charge in [-0.3, -0.25) is 0 Å². The van der Waals surface area contributed by atoms with Gasteiger partial charge >= 0.3 is 0 Å². The first-order valence-corrected chi connectivity index (χ1v) is 6.19. The minimum Gasteiger partial charge on any atom is -0.341 e. The number of hydrogen-bond acceptors (Lipinski definition) is 1. The molecule has 5 heteroatoms. The lowest BCUT2D eigenvalue weighted by Crippen LogP contribution is -2.07. The fraction of sp³-hybridized carbons (Fsp3) is 0.462. The molecule has 3 rings (SSSR count). The van der Waals surface area contributed by atoms with Gasteiger partial charge < -0.3 is 4.57 Å². The Balaban J connectivity index is 2.49. The lowest BCUT2D eigenvalue weighted by molar-refractivity contribution is 0.456. The summed E-state index contributed by atoms with van der Waals surface area (Å²) in [5.74, 6) is -3.28. The van der Waals surface area contributed by atoms with Gasteiger partial charge in [-0.25, -0.2) is 4.39 Å². The minimum absolute atomic E-state index is 0.0940. The Morgan fingerprint density at radius 3 is 2.56 bits per heavy atom. The van der Waals surface area contributed by atoms with Crippen molar-refractivity contribution in [2.24, 2.45) is 0 Å². The SMILES string of the molecule is CCn1c2c(c3c(F)c(F)nc(F)c31)CCCC2. The monoisotopic (exact) mass is 254 g/mol. The molecule has 0 aliphatic heterocycles. The third-order valence-electron chi connectivity index (χ3n) is 3.68. The van der Waals surface area contributed by atoms with Crippen LogP contribution in [0.25, 0.3) is 10.9 Å². The molecule has 0 saturated heterocycles. The first-order chi connectivity index (χ1) is 8.65. The van der Waals surface area contributed by atoms with Gasteiger partial charge in [-0.15, -0.1) is 0 Å². The Labute approximate surface area is 102 Å². The summed E-state index contributed by atoms with van der Waals surface area (Å²) in [5, 5.41) is 0.0940. The van der Waals surface area contributed by atoms with Gasteiger partial charge in [-0.2, -0.15) is 13.8 Å². The van der Waals surface area contributed by atoms with Crippen LogP contribution in [0.15, 0.2) is 0 Å². The molecule has 0 fully saturated rings. The van der Waals surface area contributed by atoms with E-state index in [2.05, 4.69) is 4.98 Å². The van der Waals surface area contributed by atoms with Crippen LogP contribution in [-0.2, 0) is 19.4 Å². The molecular weight excluding hydrogens is 241 g/mol. The lowest BCUT2D eigenvalue weighted by Gasteiger charge is -2.14. The number of nitrogens with zero attached hydrogens (tertiary/aromatic N) is 2. The Morgan fingerprint density at radius 2 is 1.83 bits per heavy atom. The molecular formula is C13H13F3N2. The average Bonchev–Trinajstić information content (AvgIpc) is 2.71. The zero-order valence-corrected chi connectivity index (χ0v) is 10.1. The second-order valence-corrected chi connectivity index (χ2v) is 4.61. The molecule has 1 aliphatic carbocycles. The summed E-state index contributed by atoms with van der Waals surface area (Å²) in [7, 11) is 0. The van der Waals surface area contributed by atoms with Crippen molar-refractivity contribution in [1.82, 2.24) is 9.55 Å². The van der Waals surface area contributed by atoms with Crippen LogP contribution in [0.5, 0.6) is 0 Å². The van der Waals surface area contributed by atoms with E-state index < -0.39 is 17.7 Å². The fourth-order valence-electron chi connectivity index (χ4n) is 2.96. The molecule has 2 heterocycles. The van der Waals surface area contributed by atoms with Crippen molar-refractivity contribution >= 4 is 10.9 Å². The van der Waals surface area contributed by atoms with Gasteiger partial charge in [-0.1, -0.05) is 0 Å². The molecule has 0 aromatic carbocycles. The van der Waals surface area contributed by atoms with Crippen LogP contribution in [0.4, 0.5) is 13.2 Å². The number of halogens is 3. The minimum atomic E-state index is -1.35. The predicted octanol–water partition coefficient (Wildman–Crippen LogP) is 3.35. The zero-order valence-electron chi connectivity index (χ0n) is 10.1. The normalized spacial score (nSPS) is 15.1. The molecule has 1 aliphatic rings. The maximum atomic E-state index is 13.9. The van der Waals surface area contributed by atoms with E-state index >= 15 is 0 Å². The number of hydrogen-bond donors (Lipinski definition) is 0. The summed E-state index contributed by atoms with van der Waals surface area (Å²) < 4.78 is 42.7. The number of aryl methyl sites for hydroxylation is 2. The van der Waals surface area contributed by atoms with Crippen LogP contribution in [0.3, 0.4) is 0 Å². The van der Waals surface area contributed by atoms with Gasteiger partial charge in [0.15, 0.2) is 5.82 Å². The van der Waals surface area contributed by atoms with Crippen LogP contribution < -0.4 is 0 Å². The van der Waals surface area contributed by atoms with E-state index in [-0.39, 0.29) is 10.9 Å². The summed E-state index contributed by atoms with van der Waals surface area (Å²) in [6.07, 6.45) is 3.40. The summed E-state index contributed by atoms with van der Waals surface area (Å²) >= 11 is 0. The van der Waals surface area contributed by atoms with Crippen LogP contribution in [0.2, 0.25) is 0 Å². The standard InChI is InChI=1S/C13H13F3N2/c1-2-18-8-6-4-3-5-7(8)9-10(14)12(15)17-13(16)11(9)18/h2-6H2,1H3. The van der Waals surface area contributed by atoms with Crippen molar-refractivity contribution in [3.63, 3.8) is 0 Å². The summed E-state index contributed by atoms with van der Waals surface area (Å²) in [5.41, 5.74) is 1.81. The molecule has 0 saturated carbocycles. The van der Waals surface area contributed by atoms with Gasteiger partial charge in [0.1, 0.15) is 5.52 Å². The largest absolute Gasteiger partial charge is 0.341 e. The maximum absolute atomic E-state index is 13.9. The summed E-state index contributed by atoms with van der Waals surface area (Å²) in [6, 6.07) is 0. The summed E-state index contributed by atoms with van der Waals surface area (Å²) in [4.78, 5) is 3.02. The highest BCUT2D eigenvalue weighted by Crippen LogP contribution is 2.35. The Hall–Kier alpha value is -1.52. The third kappa shape index (κ3) is 1.39. The fourth-order valence-corrected chi connectivity index (χ4v) is 2.96. The molecule has 2 nitrogen and oxygen atoms in total. The number of aromatic nitrogens is 2. The highest BCUT2D eigenvalue weighted by molar-refractivity contribution is 5.86. The quantitative estimate of drug-likeness (QED) is 0.713. The maximum Gasteiger partial charge on any atom is 0.252 e. The van der Waals surface area contributed by atoms with Crippen molar-refractivity contribution < 1.29 is 13.2 Å². The molecule has 0 amide bonds. The van der Waals surface area contributed by atoms with E-state index in [4.69, 9.17) is 0 Å². The highest BCUT2D eigenvalue weighted by atomic mass is 19.2. The van der Waals surface area contributed by atoms with Crippen molar-refractivity contribution in [3.05, 3.63) is 29.0 Å². The van der Waals surface area contributed by atoms with Crippen molar-refractivity contribution in [2.45, 2.75) is 39.2 Å². The first kappa shape index (κ1) is 11.6. The van der Waals surface area contributed by atoms with E-state index in [0.29, 0.717) is 13.0 Å². The molecule has 2 aromatic heterocycles. The van der Waals surface area contributed by atoms with Crippen LogP contribution >= 0.6 is 0 Å². The van der Waals surface area contributed by atoms with Crippen molar-refractivity contribution in [1.29, 1.82) is 0 Å². The predicted molar refractivity (Wildman–Crippen MR) is 61.9 cm³/mol. The highest BCUT2D eigenvalue weighted by Gasteiger charge is 2.26. The average molecular weight is 254 g/mol. The van der Waals surface area contributed by atoms with E-state index in [1.807, 2.05) is 6.92 Å². The number of pyridine rings is 1. The van der Waals surface area contributed by atoms with Gasteiger partial charge in [0.25, 0.3) is 5.95 Å². The molecule has 96 valence electrons. The van der Waals surface area contributed by atoms with Crippen LogP contribution in [0.1, 0.15) is 31.0 Å². The Kier molecular flexibility index (Phi) is 2.57. The topological polar surface area (TPSA) is 17.8 Å². The van der Waals surface area contributed by atoms with Gasteiger partial charge in [0.05, 0.1) is 0 Å². The van der Waals surface area contributed by atoms with Gasteiger partial charge in [0.2, 0.25) is 5.95 Å². The van der Waals surface area contributed by atoms with E-state index in [0.717, 1.165) is 30.5 Å². The van der Waals surface area contributed by atoms with Crippen LogP contribution in [-0.4, -0.2) is 9.55 Å². The zero-order chi connectivity index (χ0) is 12.9. The molecule has 2 aromatic rings. The molecule has 0 spiro atoms. The Morgan fingerprint density at radius 1 is 1.11 bits per heavy atom. The number of rotatable bonds is 1. The van der Waals surface area contributed by atoms with E-state index in [9.17, 15) is 13.2 Å². The second kappa shape index (κ2) is 4.00. The Bertz CT molecular complexity index is 631. The molecule has 18 heavy (non-hydrogen) atoms. The second-order valence-electron chi connectivity index (χ2n) is 4.61. The molecule has 0 N–H and O–H groups in total. The lowest BCUT2D eigenvalue weighted by atomic mass is 9.95. The van der Waals surface area contributed by atoms with E-state index in [1.54, 1.807) is 4.57 Å². The van der Waals surface area contributed by atoms with E-state index in [1.165, 1.54) is 0 Å². The number of fused-ring (bicyclic) bond motifs is 3. The molecule has 0 atom stereocenters. The first-order valence-electron chi connectivity index (χ1n) is 6.19. The summed E-state index contributed by atoms with van der Waals surface area (Å²) in [6.45, 7) is 2.41. The molecule has 0 bridgehead atoms. The van der Waals surface area contributed by atoms with Gasteiger partial charge in [-0.05, 0) is 38.2 Å². The van der Waals surface area contributed by atoms with Crippen LogP contribution in [0, 0.1) is 17.7 Å². The molecule has 0 radical (unpaired) electrons.